The molecule has 2 aliphatic rings. The number of nitrogen functional groups attached to an aromatic ring is 1. The minimum Gasteiger partial charge on any atom is -0.397 e. The smallest absolute Gasteiger partial charge is 0.268 e. The number of nitrogens with two attached hydrogens (primary N) is 1. The maximum Gasteiger partial charge on any atom is 0.268 e. The molecule has 3 aromatic heterocycles. The molecule has 1 amide bonds. The van der Waals surface area contributed by atoms with Crippen molar-refractivity contribution in [2.75, 3.05) is 11.1 Å². The molecule has 0 saturated heterocycles. The van der Waals surface area contributed by atoms with Crippen molar-refractivity contribution in [3.8, 4) is 16.5 Å². The summed E-state index contributed by atoms with van der Waals surface area (Å²) in [6.07, 6.45) is 8.53. The van der Waals surface area contributed by atoms with E-state index in [4.69, 9.17) is 10.7 Å². The first-order valence-corrected chi connectivity index (χ1v) is 13.4. The van der Waals surface area contributed by atoms with E-state index in [-0.39, 0.29) is 5.91 Å². The fraction of sp³-hybridized carbons (Fsp3) is 0.296. The first-order chi connectivity index (χ1) is 16.6. The van der Waals surface area contributed by atoms with E-state index in [2.05, 4.69) is 29.6 Å². The first-order valence-electron chi connectivity index (χ1n) is 11.8. The van der Waals surface area contributed by atoms with Crippen LogP contribution in [0.1, 0.15) is 63.3 Å². The van der Waals surface area contributed by atoms with Crippen LogP contribution in [-0.2, 0) is 25.7 Å². The van der Waals surface area contributed by atoms with E-state index in [1.54, 1.807) is 0 Å². The highest BCUT2D eigenvalue weighted by Crippen LogP contribution is 2.45. The van der Waals surface area contributed by atoms with E-state index in [0.29, 0.717) is 21.1 Å². The third kappa shape index (κ3) is 3.49. The summed E-state index contributed by atoms with van der Waals surface area (Å²) in [5.74, 6) is -0.267. The lowest BCUT2D eigenvalue weighted by atomic mass is 9.90. The lowest BCUT2D eigenvalue weighted by Gasteiger charge is -2.15. The number of anilines is 2. The minimum atomic E-state index is -0.267. The van der Waals surface area contributed by atoms with Gasteiger partial charge in [-0.3, -0.25) is 4.79 Å². The zero-order valence-electron chi connectivity index (χ0n) is 18.7. The normalized spacial score (nSPS) is 14.9. The number of amides is 1. The van der Waals surface area contributed by atoms with Crippen LogP contribution in [0.15, 0.2) is 30.3 Å². The van der Waals surface area contributed by atoms with Crippen LogP contribution in [0.4, 0.5) is 10.7 Å². The molecule has 34 heavy (non-hydrogen) atoms. The molecule has 3 heterocycles. The summed E-state index contributed by atoms with van der Waals surface area (Å²) in [5, 5.41) is 14.4. The Bertz CT molecular complexity index is 1490. The summed E-state index contributed by atoms with van der Waals surface area (Å²) < 4.78 is 0. The number of carbonyl (C=O) groups excluding carboxylic acids is 1. The molecule has 6 rings (SSSR count). The molecule has 0 fully saturated rings. The van der Waals surface area contributed by atoms with E-state index < -0.39 is 0 Å². The number of rotatable bonds is 2. The molecular weight excluding hydrogens is 460 g/mol. The van der Waals surface area contributed by atoms with E-state index in [1.165, 1.54) is 53.1 Å². The maximum atomic E-state index is 13.4. The lowest BCUT2D eigenvalue weighted by Crippen LogP contribution is -2.12. The van der Waals surface area contributed by atoms with Gasteiger partial charge in [-0.05, 0) is 66.8 Å². The van der Waals surface area contributed by atoms with Crippen LogP contribution in [-0.4, -0.2) is 10.9 Å². The summed E-state index contributed by atoms with van der Waals surface area (Å²) in [6, 6.07) is 12.8. The van der Waals surface area contributed by atoms with Gasteiger partial charge in [-0.15, -0.1) is 22.7 Å². The second-order valence-electron chi connectivity index (χ2n) is 9.04. The summed E-state index contributed by atoms with van der Waals surface area (Å²) in [4.78, 5) is 20.6. The van der Waals surface area contributed by atoms with Crippen molar-refractivity contribution < 1.29 is 4.79 Å². The molecule has 0 radical (unpaired) electrons. The monoisotopic (exact) mass is 484 g/mol. The number of fused-ring (bicyclic) bond motifs is 5. The van der Waals surface area contributed by atoms with E-state index in [0.717, 1.165) is 64.0 Å². The maximum absolute atomic E-state index is 13.4. The zero-order chi connectivity index (χ0) is 23.2. The lowest BCUT2D eigenvalue weighted by molar-refractivity contribution is 0.103. The number of nitrogens with one attached hydrogen (secondary N) is 1. The van der Waals surface area contributed by atoms with Gasteiger partial charge in [0.15, 0.2) is 0 Å². The number of pyridine rings is 1. The van der Waals surface area contributed by atoms with Gasteiger partial charge in [0.2, 0.25) is 0 Å². The molecule has 0 bridgehead atoms. The minimum absolute atomic E-state index is 0.267. The third-order valence-electron chi connectivity index (χ3n) is 6.96. The van der Waals surface area contributed by atoms with E-state index >= 15 is 0 Å². The highest BCUT2D eigenvalue weighted by molar-refractivity contribution is 7.22. The predicted octanol–water partition coefficient (Wildman–Crippen LogP) is 6.49. The Morgan fingerprint density at radius 1 is 1.03 bits per heavy atom. The second kappa shape index (κ2) is 8.53. The number of hydrogen-bond donors (Lipinski definition) is 2. The molecule has 7 heteroatoms. The largest absolute Gasteiger partial charge is 0.397 e. The molecule has 0 aliphatic heterocycles. The van der Waals surface area contributed by atoms with E-state index in [9.17, 15) is 10.1 Å². The van der Waals surface area contributed by atoms with Gasteiger partial charge in [0, 0.05) is 16.0 Å². The van der Waals surface area contributed by atoms with Crippen molar-refractivity contribution in [2.24, 2.45) is 0 Å². The molecule has 0 atom stereocenters. The van der Waals surface area contributed by atoms with Gasteiger partial charge >= 0.3 is 0 Å². The Morgan fingerprint density at radius 3 is 2.71 bits per heavy atom. The third-order valence-corrected chi connectivity index (χ3v) is 9.25. The summed E-state index contributed by atoms with van der Waals surface area (Å²) >= 11 is 2.83. The van der Waals surface area contributed by atoms with Crippen molar-refractivity contribution in [1.29, 1.82) is 5.26 Å². The van der Waals surface area contributed by atoms with Crippen LogP contribution in [0, 0.1) is 11.3 Å². The quantitative estimate of drug-likeness (QED) is 0.340. The molecule has 0 spiro atoms. The van der Waals surface area contributed by atoms with Gasteiger partial charge < -0.3 is 11.1 Å². The average molecular weight is 485 g/mol. The number of hydrogen-bond acceptors (Lipinski definition) is 6. The highest BCUT2D eigenvalue weighted by atomic mass is 32.1. The fourth-order valence-electron chi connectivity index (χ4n) is 5.19. The molecule has 4 aromatic rings. The number of nitrogens with zero attached hydrogens (tertiary/aromatic N) is 2. The second-order valence-corrected chi connectivity index (χ2v) is 11.1. The van der Waals surface area contributed by atoms with Crippen LogP contribution >= 0.6 is 22.7 Å². The number of benzene rings is 1. The van der Waals surface area contributed by atoms with Crippen LogP contribution in [0.5, 0.6) is 0 Å². The molecule has 170 valence electrons. The summed E-state index contributed by atoms with van der Waals surface area (Å²) in [5.41, 5.74) is 13.4. The van der Waals surface area contributed by atoms with Crippen LogP contribution in [0.2, 0.25) is 0 Å². The first kappa shape index (κ1) is 21.3. The van der Waals surface area contributed by atoms with Gasteiger partial charge in [-0.2, -0.15) is 5.26 Å². The molecular formula is C27H24N4OS2. The highest BCUT2D eigenvalue weighted by Gasteiger charge is 2.27. The Labute approximate surface area is 206 Å². The van der Waals surface area contributed by atoms with Gasteiger partial charge in [0.1, 0.15) is 20.8 Å². The van der Waals surface area contributed by atoms with Crippen molar-refractivity contribution in [3.05, 3.63) is 63.2 Å². The van der Waals surface area contributed by atoms with Crippen LogP contribution in [0.25, 0.3) is 20.7 Å². The molecule has 3 N–H and O–H groups in total. The Morgan fingerprint density at radius 2 is 1.85 bits per heavy atom. The zero-order valence-corrected chi connectivity index (χ0v) is 20.4. The van der Waals surface area contributed by atoms with Gasteiger partial charge in [0.05, 0.1) is 11.3 Å². The molecule has 0 unspecified atom stereocenters. The molecule has 2 aliphatic carbocycles. The van der Waals surface area contributed by atoms with Gasteiger partial charge in [-0.1, -0.05) is 37.1 Å². The Balaban J connectivity index is 1.36. The van der Waals surface area contributed by atoms with Crippen LogP contribution in [0.3, 0.4) is 0 Å². The number of aromatic nitrogens is 1. The SMILES string of the molecule is N#Cc1c(NC(=O)c2sc3nc4c(cc3c2N)CCCCCC4)sc2c1CCc1ccccc1-2. The average Bonchev–Trinajstić information content (AvgIpc) is 3.35. The predicted molar refractivity (Wildman–Crippen MR) is 140 cm³/mol. The van der Waals surface area contributed by atoms with Crippen molar-refractivity contribution >= 4 is 49.5 Å². The molecule has 1 aromatic carbocycles. The van der Waals surface area contributed by atoms with Crippen LogP contribution < -0.4 is 11.1 Å². The number of aryl methyl sites for hydroxylation is 3. The number of carbonyl (C=O) groups is 1. The van der Waals surface area contributed by atoms with E-state index in [1.807, 2.05) is 12.1 Å². The fourth-order valence-corrected chi connectivity index (χ4v) is 7.44. The summed E-state index contributed by atoms with van der Waals surface area (Å²) in [7, 11) is 0. The van der Waals surface area contributed by atoms with Crippen molar-refractivity contribution in [1.82, 2.24) is 4.98 Å². The summed E-state index contributed by atoms with van der Waals surface area (Å²) in [6.45, 7) is 0. The van der Waals surface area contributed by atoms with Gasteiger partial charge in [-0.25, -0.2) is 4.98 Å². The topological polar surface area (TPSA) is 91.8 Å². The number of nitriles is 1. The standard InChI is InChI=1S/C27H24N4OS2/c28-14-20-18-12-11-15-7-5-6-9-17(15)23(18)33-27(20)31-25(32)24-22(29)19-13-16-8-3-1-2-4-10-21(16)30-26(19)34-24/h5-7,9,13H,1-4,8,10-12,29H2,(H,31,32). The molecule has 5 nitrogen and oxygen atoms in total. The number of thiophene rings is 2. The van der Waals surface area contributed by atoms with Gasteiger partial charge in [0.25, 0.3) is 5.91 Å². The van der Waals surface area contributed by atoms with Crippen molar-refractivity contribution in [2.45, 2.75) is 51.4 Å². The Kier molecular flexibility index (Phi) is 5.35. The Hall–Kier alpha value is -3.21. The molecule has 0 saturated carbocycles. The van der Waals surface area contributed by atoms with Crippen molar-refractivity contribution in [3.63, 3.8) is 0 Å².